The fourth-order valence-corrected chi connectivity index (χ4v) is 4.53. The molecule has 144 valence electrons. The average molecular weight is 387 g/mol. The molecular weight excluding hydrogens is 360 g/mol. The number of carbonyl (C=O) groups excluding carboxylic acids is 1. The third-order valence-electron chi connectivity index (χ3n) is 5.14. The molecule has 1 fully saturated rings. The van der Waals surface area contributed by atoms with E-state index in [-0.39, 0.29) is 16.8 Å². The lowest BCUT2D eigenvalue weighted by molar-refractivity contribution is 0.0910. The smallest absolute Gasteiger partial charge is 0.261 e. The number of hydrogen-bond donors (Lipinski definition) is 2. The summed E-state index contributed by atoms with van der Waals surface area (Å²) >= 11 is 0. The fraction of sp³-hybridized carbons (Fsp3) is 0.381. The molecule has 3 rings (SSSR count). The number of aryl methyl sites for hydroxylation is 1. The molecule has 0 radical (unpaired) electrons. The van der Waals surface area contributed by atoms with Gasteiger partial charge < -0.3 is 5.32 Å². The molecule has 1 aliphatic carbocycles. The second-order valence-corrected chi connectivity index (χ2v) is 9.02. The van der Waals surface area contributed by atoms with Crippen LogP contribution in [0.15, 0.2) is 53.4 Å². The summed E-state index contributed by atoms with van der Waals surface area (Å²) in [7, 11) is -3.76. The number of carbonyl (C=O) groups is 1. The van der Waals surface area contributed by atoms with Gasteiger partial charge in [-0.15, -0.1) is 0 Å². The van der Waals surface area contributed by atoms with Gasteiger partial charge in [0.2, 0.25) is 0 Å². The zero-order valence-electron chi connectivity index (χ0n) is 15.7. The van der Waals surface area contributed by atoms with Gasteiger partial charge in [0.05, 0.1) is 4.90 Å². The Morgan fingerprint density at radius 1 is 1.04 bits per heavy atom. The van der Waals surface area contributed by atoms with E-state index in [0.29, 0.717) is 17.2 Å². The van der Waals surface area contributed by atoms with Crippen LogP contribution in [0, 0.1) is 12.8 Å². The van der Waals surface area contributed by atoms with Gasteiger partial charge in [-0.3, -0.25) is 9.52 Å². The van der Waals surface area contributed by atoms with Crippen molar-refractivity contribution in [3.8, 4) is 0 Å². The topological polar surface area (TPSA) is 75.3 Å². The molecule has 0 aliphatic heterocycles. The fourth-order valence-electron chi connectivity index (χ4n) is 3.42. The van der Waals surface area contributed by atoms with Gasteiger partial charge in [0.1, 0.15) is 0 Å². The first-order valence-corrected chi connectivity index (χ1v) is 10.8. The summed E-state index contributed by atoms with van der Waals surface area (Å²) in [5.74, 6) is 0.221. The van der Waals surface area contributed by atoms with Gasteiger partial charge >= 0.3 is 0 Å². The molecule has 1 saturated carbocycles. The van der Waals surface area contributed by atoms with Crippen LogP contribution >= 0.6 is 0 Å². The lowest BCUT2D eigenvalue weighted by atomic mass is 9.86. The Morgan fingerprint density at radius 2 is 1.74 bits per heavy atom. The third kappa shape index (κ3) is 4.89. The van der Waals surface area contributed by atoms with Crippen LogP contribution in [0.4, 0.5) is 5.69 Å². The molecule has 5 nitrogen and oxygen atoms in total. The third-order valence-corrected chi connectivity index (χ3v) is 6.52. The normalized spacial score (nSPS) is 20.1. The Kier molecular flexibility index (Phi) is 5.85. The number of sulfonamides is 1. The van der Waals surface area contributed by atoms with Crippen molar-refractivity contribution in [2.75, 3.05) is 4.72 Å². The van der Waals surface area contributed by atoms with Crippen LogP contribution in [0.1, 0.15) is 48.5 Å². The highest BCUT2D eigenvalue weighted by Gasteiger charge is 2.24. The summed E-state index contributed by atoms with van der Waals surface area (Å²) < 4.78 is 27.9. The molecule has 0 unspecified atom stereocenters. The molecule has 2 aromatic carbocycles. The minimum absolute atomic E-state index is 0.0763. The van der Waals surface area contributed by atoms with Gasteiger partial charge in [-0.25, -0.2) is 8.42 Å². The molecule has 27 heavy (non-hydrogen) atoms. The monoisotopic (exact) mass is 386 g/mol. The van der Waals surface area contributed by atoms with Crippen molar-refractivity contribution >= 4 is 21.6 Å². The average Bonchev–Trinajstić information content (AvgIpc) is 2.65. The number of amides is 1. The molecule has 0 heterocycles. The Labute approximate surface area is 161 Å². The maximum atomic E-state index is 12.7. The van der Waals surface area contributed by atoms with E-state index in [4.69, 9.17) is 0 Å². The number of hydrogen-bond acceptors (Lipinski definition) is 3. The summed E-state index contributed by atoms with van der Waals surface area (Å²) in [5, 5.41) is 3.07. The predicted molar refractivity (Wildman–Crippen MR) is 107 cm³/mol. The molecule has 2 aromatic rings. The van der Waals surface area contributed by atoms with Crippen molar-refractivity contribution in [1.82, 2.24) is 5.32 Å². The highest BCUT2D eigenvalue weighted by atomic mass is 32.2. The highest BCUT2D eigenvalue weighted by Crippen LogP contribution is 2.24. The Balaban J connectivity index is 1.75. The van der Waals surface area contributed by atoms with Gasteiger partial charge in [0.25, 0.3) is 15.9 Å². The SMILES string of the molecule is Cc1ccc(NS(=O)(=O)c2cccc(C(=O)N[C@H]3CCCC[C@@H]3C)c2)cc1. The minimum atomic E-state index is -3.76. The molecule has 0 spiro atoms. The van der Waals surface area contributed by atoms with Crippen molar-refractivity contribution in [3.63, 3.8) is 0 Å². The zero-order valence-corrected chi connectivity index (χ0v) is 16.6. The van der Waals surface area contributed by atoms with Crippen LogP contribution < -0.4 is 10.0 Å². The van der Waals surface area contributed by atoms with Crippen molar-refractivity contribution in [1.29, 1.82) is 0 Å². The standard InChI is InChI=1S/C21H26N2O3S/c1-15-10-12-18(13-11-15)23-27(25,26)19-8-5-7-17(14-19)21(24)22-20-9-4-3-6-16(20)2/h5,7-8,10-14,16,20,23H,3-4,6,9H2,1-2H3,(H,22,24)/t16-,20-/m0/s1. The van der Waals surface area contributed by atoms with E-state index in [1.54, 1.807) is 24.3 Å². The van der Waals surface area contributed by atoms with Crippen molar-refractivity contribution in [3.05, 3.63) is 59.7 Å². The first-order chi connectivity index (χ1) is 12.8. The second kappa shape index (κ2) is 8.13. The van der Waals surface area contributed by atoms with Gasteiger partial charge in [0.15, 0.2) is 0 Å². The Bertz CT molecular complexity index is 907. The molecule has 2 atom stereocenters. The zero-order chi connectivity index (χ0) is 19.4. The van der Waals surface area contributed by atoms with Crippen LogP contribution in [-0.2, 0) is 10.0 Å². The summed E-state index contributed by atoms with van der Waals surface area (Å²) in [4.78, 5) is 12.7. The van der Waals surface area contributed by atoms with E-state index in [0.717, 1.165) is 24.8 Å². The lowest BCUT2D eigenvalue weighted by Crippen LogP contribution is -2.41. The van der Waals surface area contributed by atoms with E-state index < -0.39 is 10.0 Å². The molecular formula is C21H26N2O3S. The lowest BCUT2D eigenvalue weighted by Gasteiger charge is -2.29. The van der Waals surface area contributed by atoms with Crippen LogP contribution in [0.3, 0.4) is 0 Å². The number of nitrogens with one attached hydrogen (secondary N) is 2. The molecule has 1 amide bonds. The van der Waals surface area contributed by atoms with Crippen molar-refractivity contribution in [2.45, 2.75) is 50.5 Å². The van der Waals surface area contributed by atoms with Gasteiger partial charge in [-0.1, -0.05) is 43.5 Å². The molecule has 2 N–H and O–H groups in total. The first kappa shape index (κ1) is 19.4. The van der Waals surface area contributed by atoms with E-state index in [1.165, 1.54) is 18.6 Å². The molecule has 0 saturated heterocycles. The van der Waals surface area contributed by atoms with Crippen molar-refractivity contribution < 1.29 is 13.2 Å². The maximum Gasteiger partial charge on any atom is 0.261 e. The van der Waals surface area contributed by atoms with Crippen LogP contribution in [0.5, 0.6) is 0 Å². The first-order valence-electron chi connectivity index (χ1n) is 9.35. The summed E-state index contributed by atoms with van der Waals surface area (Å²) in [6.07, 6.45) is 4.40. The van der Waals surface area contributed by atoms with Gasteiger partial charge in [0, 0.05) is 17.3 Å². The second-order valence-electron chi connectivity index (χ2n) is 7.34. The summed E-state index contributed by atoms with van der Waals surface area (Å²) in [6.45, 7) is 4.09. The predicted octanol–water partition coefficient (Wildman–Crippen LogP) is 4.10. The summed E-state index contributed by atoms with van der Waals surface area (Å²) in [6, 6.07) is 13.4. The van der Waals surface area contributed by atoms with E-state index in [2.05, 4.69) is 17.0 Å². The van der Waals surface area contributed by atoms with E-state index in [9.17, 15) is 13.2 Å². The van der Waals surface area contributed by atoms with Crippen LogP contribution in [-0.4, -0.2) is 20.4 Å². The highest BCUT2D eigenvalue weighted by molar-refractivity contribution is 7.92. The molecule has 0 bridgehead atoms. The largest absolute Gasteiger partial charge is 0.349 e. The molecule has 1 aliphatic rings. The Hall–Kier alpha value is -2.34. The Morgan fingerprint density at radius 3 is 2.44 bits per heavy atom. The number of anilines is 1. The van der Waals surface area contributed by atoms with E-state index >= 15 is 0 Å². The quantitative estimate of drug-likeness (QED) is 0.812. The van der Waals surface area contributed by atoms with Crippen LogP contribution in [0.2, 0.25) is 0 Å². The van der Waals surface area contributed by atoms with Gasteiger partial charge in [-0.05, 0) is 56.0 Å². The van der Waals surface area contributed by atoms with Crippen LogP contribution in [0.25, 0.3) is 0 Å². The van der Waals surface area contributed by atoms with E-state index in [1.807, 2.05) is 19.1 Å². The molecule has 0 aromatic heterocycles. The minimum Gasteiger partial charge on any atom is -0.349 e. The number of benzene rings is 2. The van der Waals surface area contributed by atoms with Crippen molar-refractivity contribution in [2.24, 2.45) is 5.92 Å². The number of rotatable bonds is 5. The molecule has 6 heteroatoms. The summed E-state index contributed by atoms with van der Waals surface area (Å²) in [5.41, 5.74) is 1.90. The maximum absolute atomic E-state index is 12.7. The van der Waals surface area contributed by atoms with Gasteiger partial charge in [-0.2, -0.15) is 0 Å².